The molecule has 0 aliphatic carbocycles. The van der Waals surface area contributed by atoms with E-state index in [4.69, 9.17) is 4.74 Å². The number of azo groups is 1. The first kappa shape index (κ1) is 11.0. The van der Waals surface area contributed by atoms with Crippen molar-refractivity contribution in [3.63, 3.8) is 0 Å². The van der Waals surface area contributed by atoms with Crippen LogP contribution in [0.1, 0.15) is 20.8 Å². The fourth-order valence-electron chi connectivity index (χ4n) is 1.81. The Morgan fingerprint density at radius 1 is 1.50 bits per heavy atom. The Bertz CT molecular complexity index is 359. The fourth-order valence-corrected chi connectivity index (χ4v) is 1.81. The van der Waals surface area contributed by atoms with E-state index in [0.29, 0.717) is 13.1 Å². The highest BCUT2D eigenvalue weighted by molar-refractivity contribution is 5.97. The number of rotatable bonds is 0. The monoisotopic (exact) mass is 225 g/mol. The minimum Gasteiger partial charge on any atom is -0.443 e. The molecular weight excluding hydrogens is 210 g/mol. The standard InChI is InChI=1S/C10H15N3O3/c1-10(2,3)16-9(15)13-5-6-4-11-12-7(6)8(13)14/h6-7H,4-5H2,1-3H3. The molecular formula is C10H15N3O3. The molecule has 0 aromatic rings. The van der Waals surface area contributed by atoms with E-state index >= 15 is 0 Å². The van der Waals surface area contributed by atoms with Gasteiger partial charge in [0.15, 0.2) is 6.04 Å². The number of likely N-dealkylation sites (tertiary alicyclic amines) is 1. The molecule has 0 radical (unpaired) electrons. The molecule has 2 amide bonds. The average Bonchev–Trinajstić information content (AvgIpc) is 2.66. The van der Waals surface area contributed by atoms with Crippen LogP contribution in [0.3, 0.4) is 0 Å². The van der Waals surface area contributed by atoms with Crippen LogP contribution in [0.5, 0.6) is 0 Å². The molecule has 0 aromatic heterocycles. The summed E-state index contributed by atoms with van der Waals surface area (Å²) in [4.78, 5) is 24.6. The summed E-state index contributed by atoms with van der Waals surface area (Å²) in [6.45, 7) is 6.20. The highest BCUT2D eigenvalue weighted by Crippen LogP contribution is 2.27. The summed E-state index contributed by atoms with van der Waals surface area (Å²) in [5, 5.41) is 7.65. The second kappa shape index (κ2) is 3.54. The quantitative estimate of drug-likeness (QED) is 0.622. The van der Waals surface area contributed by atoms with Gasteiger partial charge in [-0.2, -0.15) is 10.2 Å². The van der Waals surface area contributed by atoms with Crippen LogP contribution >= 0.6 is 0 Å². The molecule has 6 nitrogen and oxygen atoms in total. The Hall–Kier alpha value is -1.46. The number of fused-ring (bicyclic) bond motifs is 1. The first-order chi connectivity index (χ1) is 7.38. The van der Waals surface area contributed by atoms with Crippen molar-refractivity contribution in [3.05, 3.63) is 0 Å². The van der Waals surface area contributed by atoms with Crippen molar-refractivity contribution in [2.45, 2.75) is 32.4 Å². The molecule has 2 rings (SSSR count). The van der Waals surface area contributed by atoms with E-state index in [9.17, 15) is 9.59 Å². The van der Waals surface area contributed by atoms with Gasteiger partial charge in [0.2, 0.25) is 0 Å². The number of amides is 2. The predicted molar refractivity (Wildman–Crippen MR) is 54.9 cm³/mol. The summed E-state index contributed by atoms with van der Waals surface area (Å²) in [6, 6.07) is -0.465. The number of nitrogens with zero attached hydrogens (tertiary/aromatic N) is 3. The number of carbonyl (C=O) groups excluding carboxylic acids is 2. The van der Waals surface area contributed by atoms with Gasteiger partial charge in [0.25, 0.3) is 5.91 Å². The van der Waals surface area contributed by atoms with Crippen LogP contribution in [0.15, 0.2) is 10.2 Å². The zero-order valence-corrected chi connectivity index (χ0v) is 9.64. The number of imide groups is 1. The highest BCUT2D eigenvalue weighted by atomic mass is 16.6. The molecule has 6 heteroatoms. The maximum absolute atomic E-state index is 11.8. The van der Waals surface area contributed by atoms with E-state index in [-0.39, 0.29) is 11.8 Å². The smallest absolute Gasteiger partial charge is 0.417 e. The lowest BCUT2D eigenvalue weighted by molar-refractivity contribution is -0.128. The van der Waals surface area contributed by atoms with E-state index < -0.39 is 17.7 Å². The molecule has 16 heavy (non-hydrogen) atoms. The molecule has 2 aliphatic rings. The lowest BCUT2D eigenvalue weighted by atomic mass is 10.1. The fraction of sp³-hybridized carbons (Fsp3) is 0.800. The van der Waals surface area contributed by atoms with Crippen LogP contribution in [0, 0.1) is 5.92 Å². The van der Waals surface area contributed by atoms with Crippen LogP contribution in [0.4, 0.5) is 4.79 Å². The summed E-state index contributed by atoms with van der Waals surface area (Å²) in [5.41, 5.74) is -0.587. The predicted octanol–water partition coefficient (Wildman–Crippen LogP) is 1.21. The van der Waals surface area contributed by atoms with Crippen molar-refractivity contribution in [1.82, 2.24) is 4.90 Å². The summed E-state index contributed by atoms with van der Waals surface area (Å²) >= 11 is 0. The van der Waals surface area contributed by atoms with Gasteiger partial charge in [-0.05, 0) is 20.8 Å². The van der Waals surface area contributed by atoms with Crippen molar-refractivity contribution in [2.75, 3.05) is 13.1 Å². The number of hydrogen-bond acceptors (Lipinski definition) is 5. The molecule has 0 spiro atoms. The van der Waals surface area contributed by atoms with Gasteiger partial charge < -0.3 is 4.74 Å². The van der Waals surface area contributed by atoms with Gasteiger partial charge in [-0.15, -0.1) is 0 Å². The molecule has 2 aliphatic heterocycles. The van der Waals surface area contributed by atoms with Crippen LogP contribution in [-0.2, 0) is 9.53 Å². The van der Waals surface area contributed by atoms with Crippen molar-refractivity contribution < 1.29 is 14.3 Å². The average molecular weight is 225 g/mol. The first-order valence-electron chi connectivity index (χ1n) is 5.29. The molecule has 88 valence electrons. The molecule has 2 unspecified atom stereocenters. The van der Waals surface area contributed by atoms with Crippen LogP contribution < -0.4 is 0 Å². The van der Waals surface area contributed by atoms with Gasteiger partial charge in [-0.3, -0.25) is 4.79 Å². The topological polar surface area (TPSA) is 71.3 Å². The van der Waals surface area contributed by atoms with Crippen LogP contribution in [0.25, 0.3) is 0 Å². The number of carbonyl (C=O) groups is 2. The molecule has 0 bridgehead atoms. The highest BCUT2D eigenvalue weighted by Gasteiger charge is 2.47. The molecule has 0 N–H and O–H groups in total. The van der Waals surface area contributed by atoms with E-state index in [1.807, 2.05) is 0 Å². The second-order valence-electron chi connectivity index (χ2n) is 5.07. The molecule has 1 saturated heterocycles. The van der Waals surface area contributed by atoms with Crippen LogP contribution in [-0.4, -0.2) is 41.6 Å². The van der Waals surface area contributed by atoms with Gasteiger partial charge in [-0.1, -0.05) is 0 Å². The zero-order valence-electron chi connectivity index (χ0n) is 9.64. The van der Waals surface area contributed by atoms with Crippen molar-refractivity contribution in [1.29, 1.82) is 0 Å². The normalized spacial score (nSPS) is 28.4. The summed E-state index contributed by atoms with van der Waals surface area (Å²) in [6.07, 6.45) is -0.581. The van der Waals surface area contributed by atoms with E-state index in [1.165, 1.54) is 0 Å². The molecule has 2 atom stereocenters. The Morgan fingerprint density at radius 2 is 2.19 bits per heavy atom. The SMILES string of the molecule is CC(C)(C)OC(=O)N1CC2CN=NC2C1=O. The lowest BCUT2D eigenvalue weighted by Crippen LogP contribution is -2.39. The zero-order chi connectivity index (χ0) is 11.9. The van der Waals surface area contributed by atoms with Gasteiger partial charge in [-0.25, -0.2) is 9.69 Å². The van der Waals surface area contributed by atoms with E-state index in [1.54, 1.807) is 20.8 Å². The molecule has 1 fully saturated rings. The summed E-state index contributed by atoms with van der Waals surface area (Å²) in [7, 11) is 0. The minimum atomic E-state index is -0.587. The van der Waals surface area contributed by atoms with Gasteiger partial charge in [0.1, 0.15) is 5.60 Å². The maximum Gasteiger partial charge on any atom is 0.417 e. The second-order valence-corrected chi connectivity index (χ2v) is 5.07. The Labute approximate surface area is 93.7 Å². The van der Waals surface area contributed by atoms with Crippen molar-refractivity contribution >= 4 is 12.0 Å². The maximum atomic E-state index is 11.8. The summed E-state index contributed by atoms with van der Waals surface area (Å²) < 4.78 is 5.15. The van der Waals surface area contributed by atoms with Crippen molar-refractivity contribution in [2.24, 2.45) is 16.1 Å². The van der Waals surface area contributed by atoms with E-state index in [2.05, 4.69) is 10.2 Å². The third-order valence-electron chi connectivity index (χ3n) is 2.52. The Kier molecular flexibility index (Phi) is 2.44. The molecule has 0 saturated carbocycles. The summed E-state index contributed by atoms with van der Waals surface area (Å²) in [5.74, 6) is -0.250. The largest absolute Gasteiger partial charge is 0.443 e. The number of hydrogen-bond donors (Lipinski definition) is 0. The van der Waals surface area contributed by atoms with Crippen molar-refractivity contribution in [3.8, 4) is 0 Å². The van der Waals surface area contributed by atoms with E-state index in [0.717, 1.165) is 4.90 Å². The lowest BCUT2D eigenvalue weighted by Gasteiger charge is -2.23. The number of ether oxygens (including phenoxy) is 1. The van der Waals surface area contributed by atoms with Gasteiger partial charge >= 0.3 is 6.09 Å². The van der Waals surface area contributed by atoms with Gasteiger partial charge in [0.05, 0.1) is 6.54 Å². The third kappa shape index (κ3) is 1.91. The first-order valence-corrected chi connectivity index (χ1v) is 5.29. The van der Waals surface area contributed by atoms with Gasteiger partial charge in [0, 0.05) is 12.5 Å². The molecule has 2 heterocycles. The Morgan fingerprint density at radius 3 is 2.75 bits per heavy atom. The Balaban J connectivity index is 2.04. The minimum absolute atomic E-state index is 0.0417. The van der Waals surface area contributed by atoms with Crippen LogP contribution in [0.2, 0.25) is 0 Å². The molecule has 0 aromatic carbocycles. The third-order valence-corrected chi connectivity index (χ3v) is 2.52.